The molecule has 0 fully saturated rings. The van der Waals surface area contributed by atoms with Gasteiger partial charge in [-0.1, -0.05) is 23.4 Å². The molecule has 0 aliphatic carbocycles. The van der Waals surface area contributed by atoms with Gasteiger partial charge in [0.2, 0.25) is 0 Å². The average molecular weight is 308 g/mol. The zero-order chi connectivity index (χ0) is 12.7. The Balaban J connectivity index is 2.01. The maximum atomic E-state index is 12.5. The summed E-state index contributed by atoms with van der Waals surface area (Å²) in [6.45, 7) is 0.371. The highest BCUT2D eigenvalue weighted by molar-refractivity contribution is 9.10. The molecule has 1 aromatic heterocycles. The molecule has 0 radical (unpaired) electrons. The van der Waals surface area contributed by atoms with Gasteiger partial charge in [0.25, 0.3) is 0 Å². The van der Waals surface area contributed by atoms with Crippen molar-refractivity contribution >= 4 is 21.7 Å². The molecule has 1 aliphatic rings. The van der Waals surface area contributed by atoms with Crippen molar-refractivity contribution in [3.8, 4) is 5.75 Å². The van der Waals surface area contributed by atoms with Gasteiger partial charge in [0, 0.05) is 12.6 Å². The molecular formula is C12H10BrN3O2. The van der Waals surface area contributed by atoms with Gasteiger partial charge in [-0.05, 0) is 22.0 Å². The number of aryl methyl sites for hydroxylation is 1. The van der Waals surface area contributed by atoms with Gasteiger partial charge >= 0.3 is 0 Å². The van der Waals surface area contributed by atoms with E-state index in [2.05, 4.69) is 26.2 Å². The molecule has 3 rings (SSSR count). The number of carbonyl (C=O) groups is 1. The summed E-state index contributed by atoms with van der Waals surface area (Å²) in [5.41, 5.74) is 1.40. The summed E-state index contributed by atoms with van der Waals surface area (Å²) >= 11 is 3.25. The quantitative estimate of drug-likeness (QED) is 0.796. The van der Waals surface area contributed by atoms with E-state index in [0.29, 0.717) is 16.9 Å². The van der Waals surface area contributed by atoms with Crippen LogP contribution in [0.15, 0.2) is 28.9 Å². The first-order valence-electron chi connectivity index (χ1n) is 5.49. The molecule has 0 amide bonds. The molecule has 6 heteroatoms. The van der Waals surface area contributed by atoms with Gasteiger partial charge in [-0.2, -0.15) is 0 Å². The lowest BCUT2D eigenvalue weighted by Crippen LogP contribution is -2.18. The van der Waals surface area contributed by atoms with E-state index in [-0.39, 0.29) is 11.7 Å². The van der Waals surface area contributed by atoms with Gasteiger partial charge in [-0.15, -0.1) is 5.10 Å². The van der Waals surface area contributed by atoms with E-state index in [4.69, 9.17) is 4.74 Å². The van der Waals surface area contributed by atoms with Crippen LogP contribution in [0.3, 0.4) is 0 Å². The highest BCUT2D eigenvalue weighted by Gasteiger charge is 2.33. The van der Waals surface area contributed by atoms with E-state index >= 15 is 0 Å². The van der Waals surface area contributed by atoms with Gasteiger partial charge in [0.05, 0.1) is 5.92 Å². The maximum Gasteiger partial charge on any atom is 0.194 e. The van der Waals surface area contributed by atoms with Crippen LogP contribution >= 0.6 is 15.9 Å². The topological polar surface area (TPSA) is 57.0 Å². The minimum absolute atomic E-state index is 0.0284. The van der Waals surface area contributed by atoms with Crippen LogP contribution in [-0.4, -0.2) is 27.4 Å². The Labute approximate surface area is 112 Å². The Morgan fingerprint density at radius 2 is 2.28 bits per heavy atom. The Hall–Kier alpha value is -1.69. The van der Waals surface area contributed by atoms with Crippen LogP contribution in [0.1, 0.15) is 22.0 Å². The van der Waals surface area contributed by atoms with E-state index in [0.717, 1.165) is 11.3 Å². The van der Waals surface area contributed by atoms with Gasteiger partial charge in [-0.3, -0.25) is 4.79 Å². The van der Waals surface area contributed by atoms with Crippen molar-refractivity contribution in [1.29, 1.82) is 0 Å². The van der Waals surface area contributed by atoms with Crippen molar-refractivity contribution in [1.82, 2.24) is 15.0 Å². The summed E-state index contributed by atoms with van der Waals surface area (Å²) in [6, 6.07) is 7.60. The molecule has 5 nitrogen and oxygen atoms in total. The molecule has 0 spiro atoms. The van der Waals surface area contributed by atoms with Gasteiger partial charge < -0.3 is 4.74 Å². The third kappa shape index (κ3) is 1.64. The Morgan fingerprint density at radius 1 is 1.50 bits per heavy atom. The van der Waals surface area contributed by atoms with Crippen molar-refractivity contribution in [2.75, 3.05) is 6.61 Å². The number of benzene rings is 1. The zero-order valence-corrected chi connectivity index (χ0v) is 11.2. The van der Waals surface area contributed by atoms with E-state index in [1.807, 2.05) is 24.3 Å². The molecule has 1 aliphatic heterocycles. The average Bonchev–Trinajstić information content (AvgIpc) is 2.93. The normalized spacial score (nSPS) is 17.3. The first kappa shape index (κ1) is 11.4. The van der Waals surface area contributed by atoms with Crippen molar-refractivity contribution in [2.24, 2.45) is 7.05 Å². The second-order valence-corrected chi connectivity index (χ2v) is 4.87. The minimum Gasteiger partial charge on any atom is -0.492 e. The molecule has 1 atom stereocenters. The summed E-state index contributed by atoms with van der Waals surface area (Å²) in [5.74, 6) is 0.469. The van der Waals surface area contributed by atoms with Crippen molar-refractivity contribution in [3.05, 3.63) is 40.1 Å². The number of rotatable bonds is 2. The number of halogens is 1. The molecule has 92 valence electrons. The molecule has 2 aromatic rings. The van der Waals surface area contributed by atoms with Gasteiger partial charge in [-0.25, -0.2) is 4.68 Å². The molecule has 0 bridgehead atoms. The summed E-state index contributed by atoms with van der Waals surface area (Å²) in [7, 11) is 1.70. The molecule has 2 heterocycles. The van der Waals surface area contributed by atoms with Crippen molar-refractivity contribution < 1.29 is 9.53 Å². The fourth-order valence-electron chi connectivity index (χ4n) is 2.14. The number of hydrogen-bond donors (Lipinski definition) is 0. The standard InChI is InChI=1S/C12H10BrN3O2/c1-16-10(12(13)14-15-16)11(17)8-6-18-9-5-3-2-4-7(8)9/h2-5,8H,6H2,1H3. The fraction of sp³-hybridized carbons (Fsp3) is 0.250. The number of nitrogens with zero attached hydrogens (tertiary/aromatic N) is 3. The van der Waals surface area contributed by atoms with Crippen molar-refractivity contribution in [2.45, 2.75) is 5.92 Å². The number of carbonyl (C=O) groups excluding carboxylic acids is 1. The number of fused-ring (bicyclic) bond motifs is 1. The van der Waals surface area contributed by atoms with E-state index < -0.39 is 0 Å². The maximum absolute atomic E-state index is 12.5. The molecule has 0 saturated carbocycles. The minimum atomic E-state index is -0.283. The second kappa shape index (κ2) is 4.20. The van der Waals surface area contributed by atoms with Crippen LogP contribution in [-0.2, 0) is 7.05 Å². The fourth-order valence-corrected chi connectivity index (χ4v) is 2.66. The number of Topliss-reactive ketones (excluding diaryl/α,β-unsaturated/α-hetero) is 1. The first-order chi connectivity index (χ1) is 8.68. The van der Waals surface area contributed by atoms with Crippen LogP contribution < -0.4 is 4.74 Å². The van der Waals surface area contributed by atoms with Crippen LogP contribution in [0.2, 0.25) is 0 Å². The largest absolute Gasteiger partial charge is 0.492 e. The highest BCUT2D eigenvalue weighted by atomic mass is 79.9. The van der Waals surface area contributed by atoms with Crippen LogP contribution in [0.5, 0.6) is 5.75 Å². The van der Waals surface area contributed by atoms with Crippen LogP contribution in [0.25, 0.3) is 0 Å². The Morgan fingerprint density at radius 3 is 3.00 bits per heavy atom. The number of para-hydroxylation sites is 1. The molecule has 1 aromatic carbocycles. The lowest BCUT2D eigenvalue weighted by molar-refractivity contribution is 0.0937. The summed E-state index contributed by atoms with van der Waals surface area (Å²) < 4.78 is 7.47. The number of aromatic nitrogens is 3. The lowest BCUT2D eigenvalue weighted by atomic mass is 9.95. The van der Waals surface area contributed by atoms with E-state index in [1.54, 1.807) is 7.05 Å². The SMILES string of the molecule is Cn1nnc(Br)c1C(=O)C1COc2ccccc21. The first-order valence-corrected chi connectivity index (χ1v) is 6.29. The zero-order valence-electron chi connectivity index (χ0n) is 9.63. The lowest BCUT2D eigenvalue weighted by Gasteiger charge is -2.07. The molecule has 0 saturated heterocycles. The van der Waals surface area contributed by atoms with E-state index in [9.17, 15) is 4.79 Å². The van der Waals surface area contributed by atoms with Gasteiger partial charge in [0.1, 0.15) is 18.1 Å². The molecule has 1 unspecified atom stereocenters. The summed E-state index contributed by atoms with van der Waals surface area (Å²) in [4.78, 5) is 12.5. The molecule has 18 heavy (non-hydrogen) atoms. The number of ether oxygens (including phenoxy) is 1. The van der Waals surface area contributed by atoms with Crippen LogP contribution in [0, 0.1) is 0 Å². The Kier molecular flexibility index (Phi) is 2.66. The second-order valence-electron chi connectivity index (χ2n) is 4.12. The highest BCUT2D eigenvalue weighted by Crippen LogP contribution is 2.36. The summed E-state index contributed by atoms with van der Waals surface area (Å²) in [5, 5.41) is 7.66. The third-order valence-corrected chi connectivity index (χ3v) is 3.57. The van der Waals surface area contributed by atoms with Gasteiger partial charge in [0.15, 0.2) is 10.4 Å². The molecule has 0 N–H and O–H groups in total. The third-order valence-electron chi connectivity index (χ3n) is 3.04. The number of hydrogen-bond acceptors (Lipinski definition) is 4. The predicted octanol–water partition coefficient (Wildman–Crippen LogP) is 1.94. The van der Waals surface area contributed by atoms with Crippen molar-refractivity contribution in [3.63, 3.8) is 0 Å². The predicted molar refractivity (Wildman–Crippen MR) is 67.7 cm³/mol. The summed E-state index contributed by atoms with van der Waals surface area (Å²) in [6.07, 6.45) is 0. The van der Waals surface area contributed by atoms with E-state index in [1.165, 1.54) is 4.68 Å². The smallest absolute Gasteiger partial charge is 0.194 e. The monoisotopic (exact) mass is 307 g/mol. The number of ketones is 1. The Bertz CT molecular complexity index is 604. The molecular weight excluding hydrogens is 298 g/mol. The van der Waals surface area contributed by atoms with Crippen LogP contribution in [0.4, 0.5) is 0 Å².